The number of nitro groups is 1. The van der Waals surface area contributed by atoms with Crippen molar-refractivity contribution in [2.45, 2.75) is 34.1 Å². The summed E-state index contributed by atoms with van der Waals surface area (Å²) in [6.45, 7) is 9.22. The first-order valence-corrected chi connectivity index (χ1v) is 7.85. The number of hydrogen-bond acceptors (Lipinski definition) is 6. The van der Waals surface area contributed by atoms with E-state index in [0.29, 0.717) is 31.9 Å². The summed E-state index contributed by atoms with van der Waals surface area (Å²) < 4.78 is 5.28. The lowest BCUT2D eigenvalue weighted by Crippen LogP contribution is -2.41. The molecule has 7 heteroatoms. The number of carbonyl (C=O) groups excluding carboxylic acids is 1. The molecule has 0 bridgehead atoms. The third kappa shape index (κ3) is 3.13. The molecule has 1 aliphatic rings. The molecular weight excluding hydrogens is 298 g/mol. The molecule has 0 aromatic carbocycles. The van der Waals surface area contributed by atoms with E-state index in [2.05, 4.69) is 4.98 Å². The molecule has 23 heavy (non-hydrogen) atoms. The number of carbonyl (C=O) groups is 1. The monoisotopic (exact) mass is 321 g/mol. The molecule has 0 N–H and O–H groups in total. The number of nitrogens with zero attached hydrogens (tertiary/aromatic N) is 3. The van der Waals surface area contributed by atoms with Gasteiger partial charge in [0.2, 0.25) is 0 Å². The Morgan fingerprint density at radius 1 is 1.57 bits per heavy atom. The highest BCUT2D eigenvalue weighted by molar-refractivity contribution is 5.79. The van der Waals surface area contributed by atoms with E-state index in [4.69, 9.17) is 4.74 Å². The molecule has 2 rings (SSSR count). The fraction of sp³-hybridized carbons (Fsp3) is 0.625. The Labute approximate surface area is 135 Å². The predicted molar refractivity (Wildman–Crippen MR) is 86.4 cm³/mol. The van der Waals surface area contributed by atoms with Crippen LogP contribution in [-0.2, 0) is 9.53 Å². The molecule has 1 saturated heterocycles. The van der Waals surface area contributed by atoms with Gasteiger partial charge in [-0.25, -0.2) is 4.98 Å². The number of esters is 1. The molecule has 0 saturated carbocycles. The van der Waals surface area contributed by atoms with E-state index in [0.717, 1.165) is 5.56 Å². The first-order valence-electron chi connectivity index (χ1n) is 7.85. The van der Waals surface area contributed by atoms with Gasteiger partial charge < -0.3 is 9.64 Å². The van der Waals surface area contributed by atoms with E-state index in [-0.39, 0.29) is 17.6 Å². The fourth-order valence-electron chi connectivity index (χ4n) is 3.15. The molecule has 1 atom stereocenters. The van der Waals surface area contributed by atoms with Crippen molar-refractivity contribution < 1.29 is 14.5 Å². The minimum atomic E-state index is -0.550. The second-order valence-corrected chi connectivity index (χ2v) is 6.29. The Morgan fingerprint density at radius 2 is 2.26 bits per heavy atom. The number of pyridine rings is 1. The maximum atomic E-state index is 12.5. The average Bonchev–Trinajstić information content (AvgIpc) is 2.93. The van der Waals surface area contributed by atoms with Crippen LogP contribution in [0.15, 0.2) is 12.3 Å². The molecule has 0 amide bonds. The van der Waals surface area contributed by atoms with Gasteiger partial charge in [0, 0.05) is 19.2 Å². The number of aryl methyl sites for hydroxylation is 1. The van der Waals surface area contributed by atoms with Gasteiger partial charge in [-0.05, 0) is 31.7 Å². The number of ether oxygens (including phenoxy) is 1. The Balaban J connectivity index is 2.27. The molecule has 0 radical (unpaired) electrons. The third-order valence-corrected chi connectivity index (χ3v) is 4.63. The molecule has 2 heterocycles. The van der Waals surface area contributed by atoms with E-state index < -0.39 is 10.3 Å². The summed E-state index contributed by atoms with van der Waals surface area (Å²) in [5, 5.41) is 10.8. The average molecular weight is 321 g/mol. The fourth-order valence-corrected chi connectivity index (χ4v) is 3.15. The van der Waals surface area contributed by atoms with Crippen LogP contribution in [0, 0.1) is 28.4 Å². The second kappa shape index (κ2) is 6.52. The molecule has 1 unspecified atom stereocenters. The molecule has 7 nitrogen and oxygen atoms in total. The maximum Gasteiger partial charge on any atom is 0.314 e. The van der Waals surface area contributed by atoms with Crippen molar-refractivity contribution in [1.82, 2.24) is 4.98 Å². The highest BCUT2D eigenvalue weighted by Crippen LogP contribution is 2.41. The molecule has 1 aromatic heterocycles. The summed E-state index contributed by atoms with van der Waals surface area (Å²) in [6, 6.07) is 1.52. The molecule has 1 aliphatic heterocycles. The van der Waals surface area contributed by atoms with Crippen LogP contribution in [0.2, 0.25) is 0 Å². The maximum absolute atomic E-state index is 12.5. The number of hydrogen-bond donors (Lipinski definition) is 0. The van der Waals surface area contributed by atoms with Crippen LogP contribution in [0.4, 0.5) is 11.5 Å². The lowest BCUT2D eigenvalue weighted by atomic mass is 9.76. The molecule has 1 aromatic rings. The summed E-state index contributed by atoms with van der Waals surface area (Å²) in [4.78, 5) is 29.1. The predicted octanol–water partition coefficient (Wildman–Crippen LogP) is 2.71. The molecular formula is C16H23N3O4. The van der Waals surface area contributed by atoms with E-state index in [1.54, 1.807) is 13.8 Å². The van der Waals surface area contributed by atoms with Crippen LogP contribution < -0.4 is 4.90 Å². The van der Waals surface area contributed by atoms with Gasteiger partial charge >= 0.3 is 5.97 Å². The minimum Gasteiger partial charge on any atom is -0.466 e. The van der Waals surface area contributed by atoms with Gasteiger partial charge in [0.25, 0.3) is 5.69 Å². The van der Waals surface area contributed by atoms with Crippen molar-refractivity contribution in [2.75, 3.05) is 24.6 Å². The number of aromatic nitrogens is 1. The van der Waals surface area contributed by atoms with Crippen molar-refractivity contribution in [3.63, 3.8) is 0 Å². The van der Waals surface area contributed by atoms with Crippen LogP contribution in [-0.4, -0.2) is 35.6 Å². The number of anilines is 1. The topological polar surface area (TPSA) is 85.6 Å². The van der Waals surface area contributed by atoms with E-state index in [9.17, 15) is 14.9 Å². The summed E-state index contributed by atoms with van der Waals surface area (Å²) in [5.74, 6) is 0.671. The zero-order chi connectivity index (χ0) is 17.2. The molecule has 1 fully saturated rings. The Morgan fingerprint density at radius 3 is 2.78 bits per heavy atom. The van der Waals surface area contributed by atoms with Crippen LogP contribution >= 0.6 is 0 Å². The minimum absolute atomic E-state index is 0.0223. The van der Waals surface area contributed by atoms with E-state index >= 15 is 0 Å². The van der Waals surface area contributed by atoms with Crippen molar-refractivity contribution in [3.8, 4) is 0 Å². The van der Waals surface area contributed by atoms with Gasteiger partial charge in [0.15, 0.2) is 0 Å². The van der Waals surface area contributed by atoms with Gasteiger partial charge in [0.05, 0.1) is 16.9 Å². The highest BCUT2D eigenvalue weighted by Gasteiger charge is 2.48. The van der Waals surface area contributed by atoms with Crippen molar-refractivity contribution in [1.29, 1.82) is 0 Å². The summed E-state index contributed by atoms with van der Waals surface area (Å²) in [7, 11) is 0. The largest absolute Gasteiger partial charge is 0.466 e. The van der Waals surface area contributed by atoms with Gasteiger partial charge in [-0.15, -0.1) is 0 Å². The summed E-state index contributed by atoms with van der Waals surface area (Å²) in [6.07, 6.45) is 1.96. The van der Waals surface area contributed by atoms with Gasteiger partial charge in [-0.3, -0.25) is 14.9 Å². The first kappa shape index (κ1) is 17.2. The van der Waals surface area contributed by atoms with Crippen molar-refractivity contribution in [2.24, 2.45) is 11.3 Å². The standard InChI is InChI=1S/C16H23N3O4/c1-5-23-15(20)16(11(2)3)6-7-18(10-16)14-12(4)8-13(9-17-14)19(21)22/h8-9,11H,5-7,10H2,1-4H3. The third-order valence-electron chi connectivity index (χ3n) is 4.63. The van der Waals surface area contributed by atoms with Gasteiger partial charge in [0.1, 0.15) is 12.0 Å². The molecule has 0 aliphatic carbocycles. The highest BCUT2D eigenvalue weighted by atomic mass is 16.6. The van der Waals surface area contributed by atoms with Gasteiger partial charge in [-0.1, -0.05) is 13.8 Å². The molecule has 0 spiro atoms. The normalized spacial score (nSPS) is 20.8. The van der Waals surface area contributed by atoms with Crippen molar-refractivity contribution >= 4 is 17.5 Å². The van der Waals surface area contributed by atoms with Crippen LogP contribution in [0.5, 0.6) is 0 Å². The summed E-state index contributed by atoms with van der Waals surface area (Å²) in [5.41, 5.74) is 0.167. The van der Waals surface area contributed by atoms with Crippen LogP contribution in [0.25, 0.3) is 0 Å². The number of rotatable bonds is 5. The molecule has 126 valence electrons. The van der Waals surface area contributed by atoms with E-state index in [1.165, 1.54) is 12.3 Å². The zero-order valence-electron chi connectivity index (χ0n) is 14.0. The van der Waals surface area contributed by atoms with Crippen LogP contribution in [0.3, 0.4) is 0 Å². The summed E-state index contributed by atoms with van der Waals surface area (Å²) >= 11 is 0. The Kier molecular flexibility index (Phi) is 4.87. The second-order valence-electron chi connectivity index (χ2n) is 6.29. The van der Waals surface area contributed by atoms with E-state index in [1.807, 2.05) is 18.7 Å². The quantitative estimate of drug-likeness (QED) is 0.471. The SMILES string of the molecule is CCOC(=O)C1(C(C)C)CCN(c2ncc([N+](=O)[O-])cc2C)C1. The Bertz CT molecular complexity index is 617. The van der Waals surface area contributed by atoms with Gasteiger partial charge in [-0.2, -0.15) is 0 Å². The first-order chi connectivity index (χ1) is 10.8. The lowest BCUT2D eigenvalue weighted by molar-refractivity contribution is -0.385. The zero-order valence-corrected chi connectivity index (χ0v) is 14.0. The lowest BCUT2D eigenvalue weighted by Gasteiger charge is -2.31. The smallest absolute Gasteiger partial charge is 0.314 e. The van der Waals surface area contributed by atoms with Crippen molar-refractivity contribution in [3.05, 3.63) is 27.9 Å². The Hall–Kier alpha value is -2.18. The van der Waals surface area contributed by atoms with Crippen LogP contribution in [0.1, 0.15) is 32.8 Å².